The van der Waals surface area contributed by atoms with Crippen LogP contribution in [0.1, 0.15) is 30.1 Å². The van der Waals surface area contributed by atoms with Gasteiger partial charge < -0.3 is 15.5 Å². The summed E-state index contributed by atoms with van der Waals surface area (Å²) in [7, 11) is 0. The predicted octanol–water partition coefficient (Wildman–Crippen LogP) is 1.73. The van der Waals surface area contributed by atoms with Gasteiger partial charge in [0.15, 0.2) is 0 Å². The summed E-state index contributed by atoms with van der Waals surface area (Å²) in [6.45, 7) is 2.12. The van der Waals surface area contributed by atoms with Gasteiger partial charge in [0.2, 0.25) is 0 Å². The Bertz CT molecular complexity index is 417. The molecule has 2 amide bonds. The molecule has 0 bridgehead atoms. The van der Waals surface area contributed by atoms with Crippen molar-refractivity contribution in [3.8, 4) is 0 Å². The molecular formula is C11H16N2O4S. The molecule has 0 fully saturated rings. The number of carboxylic acids is 1. The van der Waals surface area contributed by atoms with Gasteiger partial charge >= 0.3 is 12.0 Å². The number of carbonyl (C=O) groups is 2. The van der Waals surface area contributed by atoms with Gasteiger partial charge in [-0.1, -0.05) is 0 Å². The number of aliphatic hydroxyl groups is 1. The first-order valence-electron chi connectivity index (χ1n) is 5.54. The number of thiophene rings is 1. The molecule has 100 valence electrons. The molecule has 6 nitrogen and oxygen atoms in total. The molecule has 1 rings (SSSR count). The van der Waals surface area contributed by atoms with Crippen molar-refractivity contribution in [2.75, 3.05) is 11.9 Å². The summed E-state index contributed by atoms with van der Waals surface area (Å²) >= 11 is 1.16. The van der Waals surface area contributed by atoms with Gasteiger partial charge in [-0.2, -0.15) is 0 Å². The summed E-state index contributed by atoms with van der Waals surface area (Å²) in [5.41, 5.74) is 0.0825. The van der Waals surface area contributed by atoms with E-state index in [4.69, 9.17) is 10.2 Å². The molecule has 4 N–H and O–H groups in total. The second-order valence-corrected chi connectivity index (χ2v) is 4.76. The van der Waals surface area contributed by atoms with Gasteiger partial charge in [0, 0.05) is 6.54 Å². The van der Waals surface area contributed by atoms with Crippen LogP contribution in [0.5, 0.6) is 0 Å². The highest BCUT2D eigenvalue weighted by atomic mass is 32.1. The molecule has 0 aromatic carbocycles. The molecule has 0 aliphatic heterocycles. The summed E-state index contributed by atoms with van der Waals surface area (Å²) in [5.74, 6) is -1.07. The number of hydrogen-bond acceptors (Lipinski definition) is 4. The van der Waals surface area contributed by atoms with E-state index < -0.39 is 12.0 Å². The Balaban J connectivity index is 2.36. The van der Waals surface area contributed by atoms with Crippen LogP contribution in [0, 0.1) is 0 Å². The monoisotopic (exact) mass is 272 g/mol. The van der Waals surface area contributed by atoms with Crippen molar-refractivity contribution in [2.24, 2.45) is 0 Å². The largest absolute Gasteiger partial charge is 0.478 e. The molecule has 1 aromatic rings. The molecule has 0 saturated carbocycles. The summed E-state index contributed by atoms with van der Waals surface area (Å²) in [5, 5.41) is 24.9. The number of hydrogen-bond donors (Lipinski definition) is 4. The minimum atomic E-state index is -1.07. The van der Waals surface area contributed by atoms with Gasteiger partial charge in [-0.05, 0) is 31.2 Å². The molecule has 0 aliphatic rings. The lowest BCUT2D eigenvalue weighted by atomic mass is 10.2. The number of aliphatic hydroxyl groups excluding tert-OH is 1. The summed E-state index contributed by atoms with van der Waals surface area (Å²) < 4.78 is 0. The molecular weight excluding hydrogens is 256 g/mol. The second kappa shape index (κ2) is 6.97. The van der Waals surface area contributed by atoms with Crippen LogP contribution in [0.3, 0.4) is 0 Å². The number of carbonyl (C=O) groups excluding carboxylic acids is 1. The topological polar surface area (TPSA) is 98.7 Å². The van der Waals surface area contributed by atoms with Crippen molar-refractivity contribution in [1.29, 1.82) is 0 Å². The van der Waals surface area contributed by atoms with Crippen LogP contribution in [-0.4, -0.2) is 34.9 Å². The van der Waals surface area contributed by atoms with E-state index in [-0.39, 0.29) is 11.7 Å². The maximum atomic E-state index is 11.5. The fourth-order valence-corrected chi connectivity index (χ4v) is 2.10. The number of rotatable bonds is 6. The van der Waals surface area contributed by atoms with Gasteiger partial charge in [-0.3, -0.25) is 5.32 Å². The molecule has 0 radical (unpaired) electrons. The third-order valence-electron chi connectivity index (χ3n) is 2.21. The zero-order valence-electron chi connectivity index (χ0n) is 9.97. The number of urea groups is 1. The Kier molecular flexibility index (Phi) is 5.60. The number of nitrogens with one attached hydrogen (secondary N) is 2. The number of carboxylic acid groups (broad SMARTS) is 1. The zero-order chi connectivity index (χ0) is 13.5. The number of aromatic carboxylic acids is 1. The molecule has 0 saturated heterocycles. The number of amides is 2. The van der Waals surface area contributed by atoms with Crippen LogP contribution in [0.25, 0.3) is 0 Å². The smallest absolute Gasteiger partial charge is 0.338 e. The first kappa shape index (κ1) is 14.5. The molecule has 7 heteroatoms. The molecule has 18 heavy (non-hydrogen) atoms. The average Bonchev–Trinajstić information content (AvgIpc) is 2.72. The van der Waals surface area contributed by atoms with Crippen LogP contribution < -0.4 is 10.6 Å². The quantitative estimate of drug-likeness (QED) is 0.593. The summed E-state index contributed by atoms with van der Waals surface area (Å²) in [4.78, 5) is 22.3. The van der Waals surface area contributed by atoms with E-state index >= 15 is 0 Å². The Morgan fingerprint density at radius 1 is 1.50 bits per heavy atom. The van der Waals surface area contributed by atoms with Crippen molar-refractivity contribution >= 4 is 28.3 Å². The highest BCUT2D eigenvalue weighted by Gasteiger charge is 2.13. The Labute approximate surface area is 109 Å². The maximum absolute atomic E-state index is 11.5. The average molecular weight is 272 g/mol. The van der Waals surface area contributed by atoms with Gasteiger partial charge in [0.1, 0.15) is 5.00 Å². The molecule has 0 aliphatic carbocycles. The fraction of sp³-hybridized carbons (Fsp3) is 0.455. The van der Waals surface area contributed by atoms with Gasteiger partial charge in [-0.25, -0.2) is 9.59 Å². The van der Waals surface area contributed by atoms with Crippen LogP contribution >= 0.6 is 11.3 Å². The standard InChI is InChI=1S/C11H16N2O4S/c1-7(14)3-2-5-12-11(17)13-9-8(10(15)16)4-6-18-9/h4,6-7,14H,2-3,5H2,1H3,(H,15,16)(H2,12,13,17). The van der Waals surface area contributed by atoms with E-state index in [2.05, 4.69) is 10.6 Å². The predicted molar refractivity (Wildman–Crippen MR) is 69.2 cm³/mol. The summed E-state index contributed by atoms with van der Waals surface area (Å²) in [6, 6.07) is 1.00. The van der Waals surface area contributed by atoms with E-state index in [1.54, 1.807) is 12.3 Å². The highest BCUT2D eigenvalue weighted by molar-refractivity contribution is 7.14. The van der Waals surface area contributed by atoms with E-state index in [9.17, 15) is 9.59 Å². The van der Waals surface area contributed by atoms with E-state index in [1.807, 2.05) is 0 Å². The Hall–Kier alpha value is -1.60. The first-order valence-corrected chi connectivity index (χ1v) is 6.42. The van der Waals surface area contributed by atoms with Gasteiger partial charge in [0.05, 0.1) is 11.7 Å². The van der Waals surface area contributed by atoms with Gasteiger partial charge in [0.25, 0.3) is 0 Å². The highest BCUT2D eigenvalue weighted by Crippen LogP contribution is 2.22. The molecule has 0 spiro atoms. The van der Waals surface area contributed by atoms with Crippen molar-refractivity contribution in [1.82, 2.24) is 5.32 Å². The second-order valence-electron chi connectivity index (χ2n) is 3.84. The van der Waals surface area contributed by atoms with Crippen molar-refractivity contribution in [2.45, 2.75) is 25.9 Å². The van der Waals surface area contributed by atoms with Crippen LogP contribution in [-0.2, 0) is 0 Å². The Morgan fingerprint density at radius 2 is 2.22 bits per heavy atom. The lowest BCUT2D eigenvalue weighted by molar-refractivity contribution is 0.0698. The molecule has 1 heterocycles. The minimum absolute atomic E-state index is 0.0825. The van der Waals surface area contributed by atoms with Gasteiger partial charge in [-0.15, -0.1) is 11.3 Å². The molecule has 1 aromatic heterocycles. The Morgan fingerprint density at radius 3 is 2.83 bits per heavy atom. The third-order valence-corrected chi connectivity index (χ3v) is 3.04. The zero-order valence-corrected chi connectivity index (χ0v) is 10.8. The number of anilines is 1. The lowest BCUT2D eigenvalue weighted by Crippen LogP contribution is -2.30. The first-order chi connectivity index (χ1) is 8.50. The third kappa shape index (κ3) is 4.72. The normalized spacial score (nSPS) is 11.9. The summed E-state index contributed by atoms with van der Waals surface area (Å²) in [6.07, 6.45) is 0.895. The van der Waals surface area contributed by atoms with Crippen LogP contribution in [0.15, 0.2) is 11.4 Å². The van der Waals surface area contributed by atoms with Crippen LogP contribution in [0.4, 0.5) is 9.80 Å². The molecule has 1 atom stereocenters. The molecule has 1 unspecified atom stereocenters. The van der Waals surface area contributed by atoms with Crippen molar-refractivity contribution in [3.63, 3.8) is 0 Å². The van der Waals surface area contributed by atoms with E-state index in [0.29, 0.717) is 24.4 Å². The maximum Gasteiger partial charge on any atom is 0.338 e. The van der Waals surface area contributed by atoms with Crippen LogP contribution in [0.2, 0.25) is 0 Å². The minimum Gasteiger partial charge on any atom is -0.478 e. The lowest BCUT2D eigenvalue weighted by Gasteiger charge is -2.07. The van der Waals surface area contributed by atoms with Crippen molar-refractivity contribution in [3.05, 3.63) is 17.0 Å². The SMILES string of the molecule is CC(O)CCCNC(=O)Nc1sccc1C(=O)O. The van der Waals surface area contributed by atoms with E-state index in [0.717, 1.165) is 11.3 Å². The fourth-order valence-electron chi connectivity index (χ4n) is 1.32. The van der Waals surface area contributed by atoms with Crippen molar-refractivity contribution < 1.29 is 19.8 Å². The van der Waals surface area contributed by atoms with E-state index in [1.165, 1.54) is 6.07 Å².